The van der Waals surface area contributed by atoms with Gasteiger partial charge in [-0.15, -0.1) is 0 Å². The molecule has 18 heavy (non-hydrogen) atoms. The van der Waals surface area contributed by atoms with Crippen LogP contribution < -0.4 is 5.32 Å². The second kappa shape index (κ2) is 7.27. The van der Waals surface area contributed by atoms with E-state index in [-0.39, 0.29) is 0 Å². The van der Waals surface area contributed by atoms with E-state index in [1.165, 1.54) is 44.3 Å². The summed E-state index contributed by atoms with van der Waals surface area (Å²) in [6, 6.07) is 1.31. The summed E-state index contributed by atoms with van der Waals surface area (Å²) in [7, 11) is 0. The largest absolute Gasteiger partial charge is 0.380 e. The van der Waals surface area contributed by atoms with E-state index in [4.69, 9.17) is 4.74 Å². The van der Waals surface area contributed by atoms with Gasteiger partial charge < -0.3 is 10.1 Å². The molecule has 0 radical (unpaired) electrons. The fourth-order valence-electron chi connectivity index (χ4n) is 2.80. The summed E-state index contributed by atoms with van der Waals surface area (Å²) < 4.78 is 5.53. The maximum absolute atomic E-state index is 5.53. The van der Waals surface area contributed by atoms with E-state index in [0.29, 0.717) is 12.1 Å². The Balaban J connectivity index is 1.65. The normalized spacial score (nSPS) is 27.1. The van der Waals surface area contributed by atoms with Crippen molar-refractivity contribution in [1.29, 1.82) is 0 Å². The van der Waals surface area contributed by atoms with Crippen LogP contribution in [-0.2, 0) is 4.74 Å². The monoisotopic (exact) mass is 252 g/mol. The number of nitrogens with zero attached hydrogens (tertiary/aromatic N) is 1. The molecule has 3 heteroatoms. The Bertz CT molecular complexity index is 260. The van der Waals surface area contributed by atoms with Crippen molar-refractivity contribution in [2.24, 2.45) is 0 Å². The minimum absolute atomic E-state index is 0.605. The van der Waals surface area contributed by atoms with Gasteiger partial charge in [0, 0.05) is 25.2 Å². The van der Waals surface area contributed by atoms with Crippen LogP contribution >= 0.6 is 0 Å². The summed E-state index contributed by atoms with van der Waals surface area (Å²) >= 11 is 0. The molecule has 0 spiro atoms. The lowest BCUT2D eigenvalue weighted by atomic mass is 10.0. The number of hydrogen-bond acceptors (Lipinski definition) is 3. The maximum atomic E-state index is 5.53. The Morgan fingerprint density at radius 1 is 1.22 bits per heavy atom. The highest BCUT2D eigenvalue weighted by Gasteiger charge is 2.22. The Hall–Kier alpha value is -0.380. The van der Waals surface area contributed by atoms with Gasteiger partial charge in [-0.1, -0.05) is 11.6 Å². The standard InChI is InChI=1S/C15H28N2O/c1-13(2)5-8-17-9-6-14(7-10-17)16-15-4-3-11-18-12-15/h5,14-16H,3-4,6-12H2,1-2H3. The quantitative estimate of drug-likeness (QED) is 0.776. The van der Waals surface area contributed by atoms with Crippen LogP contribution in [0.2, 0.25) is 0 Å². The van der Waals surface area contributed by atoms with Crippen molar-refractivity contribution < 1.29 is 4.74 Å². The first-order valence-corrected chi connectivity index (χ1v) is 7.43. The number of hydrogen-bond donors (Lipinski definition) is 1. The average molecular weight is 252 g/mol. The minimum Gasteiger partial charge on any atom is -0.380 e. The molecule has 0 saturated carbocycles. The van der Waals surface area contributed by atoms with Gasteiger partial charge in [-0.05, 0) is 52.6 Å². The molecular formula is C15H28N2O. The summed E-state index contributed by atoms with van der Waals surface area (Å²) in [5.74, 6) is 0. The number of likely N-dealkylation sites (tertiary alicyclic amines) is 1. The Morgan fingerprint density at radius 2 is 2.00 bits per heavy atom. The van der Waals surface area contributed by atoms with Gasteiger partial charge in [0.05, 0.1) is 6.61 Å². The molecule has 2 aliphatic heterocycles. The molecule has 2 heterocycles. The van der Waals surface area contributed by atoms with Crippen molar-refractivity contribution in [3.63, 3.8) is 0 Å². The molecule has 2 fully saturated rings. The molecular weight excluding hydrogens is 224 g/mol. The van der Waals surface area contributed by atoms with E-state index in [2.05, 4.69) is 30.1 Å². The molecule has 0 bridgehead atoms. The molecule has 2 rings (SSSR count). The Labute approximate surface area is 112 Å². The van der Waals surface area contributed by atoms with E-state index in [1.54, 1.807) is 0 Å². The van der Waals surface area contributed by atoms with Crippen molar-refractivity contribution in [3.05, 3.63) is 11.6 Å². The van der Waals surface area contributed by atoms with Crippen LogP contribution in [0.25, 0.3) is 0 Å². The van der Waals surface area contributed by atoms with Crippen LogP contribution in [0, 0.1) is 0 Å². The SMILES string of the molecule is CC(C)=CCN1CCC(NC2CCCOC2)CC1. The van der Waals surface area contributed by atoms with Crippen LogP contribution in [0.3, 0.4) is 0 Å². The highest BCUT2D eigenvalue weighted by atomic mass is 16.5. The van der Waals surface area contributed by atoms with Crippen LogP contribution in [0.4, 0.5) is 0 Å². The van der Waals surface area contributed by atoms with Gasteiger partial charge in [-0.25, -0.2) is 0 Å². The van der Waals surface area contributed by atoms with E-state index in [1.807, 2.05) is 0 Å². The lowest BCUT2D eigenvalue weighted by molar-refractivity contribution is 0.0618. The first-order chi connectivity index (χ1) is 8.74. The maximum Gasteiger partial charge on any atom is 0.0619 e. The fourth-order valence-corrected chi connectivity index (χ4v) is 2.80. The molecule has 3 nitrogen and oxygen atoms in total. The summed E-state index contributed by atoms with van der Waals surface area (Å²) in [5, 5.41) is 3.78. The number of allylic oxidation sites excluding steroid dienone is 1. The van der Waals surface area contributed by atoms with Gasteiger partial charge in [-0.3, -0.25) is 4.90 Å². The Morgan fingerprint density at radius 3 is 2.61 bits per heavy atom. The van der Waals surface area contributed by atoms with Gasteiger partial charge >= 0.3 is 0 Å². The molecule has 0 aromatic rings. The first kappa shape index (κ1) is 14.0. The highest BCUT2D eigenvalue weighted by Crippen LogP contribution is 2.14. The molecule has 104 valence electrons. The number of nitrogens with one attached hydrogen (secondary N) is 1. The smallest absolute Gasteiger partial charge is 0.0619 e. The zero-order chi connectivity index (χ0) is 12.8. The lowest BCUT2D eigenvalue weighted by Crippen LogP contribution is -2.48. The van der Waals surface area contributed by atoms with Crippen LogP contribution in [0.5, 0.6) is 0 Å². The lowest BCUT2D eigenvalue weighted by Gasteiger charge is -2.35. The molecule has 0 amide bonds. The summed E-state index contributed by atoms with van der Waals surface area (Å²) in [4.78, 5) is 2.56. The predicted molar refractivity (Wildman–Crippen MR) is 75.9 cm³/mol. The average Bonchev–Trinajstić information content (AvgIpc) is 2.39. The van der Waals surface area contributed by atoms with E-state index >= 15 is 0 Å². The zero-order valence-corrected chi connectivity index (χ0v) is 12.0. The molecule has 0 aromatic heterocycles. The first-order valence-electron chi connectivity index (χ1n) is 7.43. The summed E-state index contributed by atoms with van der Waals surface area (Å²) in [6.45, 7) is 9.82. The van der Waals surface area contributed by atoms with E-state index < -0.39 is 0 Å². The predicted octanol–water partition coefficient (Wildman–Crippen LogP) is 2.19. The highest BCUT2D eigenvalue weighted by molar-refractivity contribution is 4.95. The molecule has 1 N–H and O–H groups in total. The fraction of sp³-hybridized carbons (Fsp3) is 0.867. The molecule has 0 aromatic carbocycles. The van der Waals surface area contributed by atoms with Crippen LogP contribution in [-0.4, -0.2) is 49.8 Å². The third-order valence-electron chi connectivity index (χ3n) is 3.98. The molecule has 1 atom stereocenters. The van der Waals surface area contributed by atoms with Gasteiger partial charge in [-0.2, -0.15) is 0 Å². The minimum atomic E-state index is 0.605. The van der Waals surface area contributed by atoms with Gasteiger partial charge in [0.2, 0.25) is 0 Å². The van der Waals surface area contributed by atoms with Crippen molar-refractivity contribution in [1.82, 2.24) is 10.2 Å². The van der Waals surface area contributed by atoms with Crippen LogP contribution in [0.1, 0.15) is 39.5 Å². The number of piperidine rings is 1. The second-order valence-electron chi connectivity index (χ2n) is 5.94. The second-order valence-corrected chi connectivity index (χ2v) is 5.94. The third kappa shape index (κ3) is 4.71. The molecule has 1 unspecified atom stereocenters. The van der Waals surface area contributed by atoms with E-state index in [0.717, 1.165) is 19.8 Å². The topological polar surface area (TPSA) is 24.5 Å². The Kier molecular flexibility index (Phi) is 5.67. The molecule has 0 aliphatic carbocycles. The zero-order valence-electron chi connectivity index (χ0n) is 12.0. The van der Waals surface area contributed by atoms with Crippen molar-refractivity contribution in [2.45, 2.75) is 51.6 Å². The number of ether oxygens (including phenoxy) is 1. The number of rotatable bonds is 4. The molecule has 2 aliphatic rings. The van der Waals surface area contributed by atoms with Gasteiger partial charge in [0.15, 0.2) is 0 Å². The van der Waals surface area contributed by atoms with Crippen molar-refractivity contribution in [3.8, 4) is 0 Å². The third-order valence-corrected chi connectivity index (χ3v) is 3.98. The summed E-state index contributed by atoms with van der Waals surface area (Å²) in [5.41, 5.74) is 1.43. The van der Waals surface area contributed by atoms with Crippen molar-refractivity contribution >= 4 is 0 Å². The van der Waals surface area contributed by atoms with Crippen LogP contribution in [0.15, 0.2) is 11.6 Å². The van der Waals surface area contributed by atoms with E-state index in [9.17, 15) is 0 Å². The van der Waals surface area contributed by atoms with Gasteiger partial charge in [0.1, 0.15) is 0 Å². The van der Waals surface area contributed by atoms with Crippen molar-refractivity contribution in [2.75, 3.05) is 32.8 Å². The summed E-state index contributed by atoms with van der Waals surface area (Å²) in [6.07, 6.45) is 7.41. The molecule has 2 saturated heterocycles. The van der Waals surface area contributed by atoms with Gasteiger partial charge in [0.25, 0.3) is 0 Å².